The minimum Gasteiger partial charge on any atom is -0.411 e. The van der Waals surface area contributed by atoms with Gasteiger partial charge >= 0.3 is 0 Å². The van der Waals surface area contributed by atoms with Gasteiger partial charge in [0.25, 0.3) is 0 Å². The third kappa shape index (κ3) is 11.7. The molecule has 0 aliphatic rings. The molecule has 0 fully saturated rings. The van der Waals surface area contributed by atoms with Crippen molar-refractivity contribution in [3.05, 3.63) is 0 Å². The van der Waals surface area contributed by atoms with Crippen LogP contribution in [0.5, 0.6) is 0 Å². The van der Waals surface area contributed by atoms with E-state index in [0.717, 1.165) is 24.3 Å². The van der Waals surface area contributed by atoms with Crippen LogP contribution in [0.25, 0.3) is 0 Å². The van der Waals surface area contributed by atoms with Gasteiger partial charge in [-0.2, -0.15) is 0 Å². The van der Waals surface area contributed by atoms with Gasteiger partial charge in [-0.1, -0.05) is 24.2 Å². The van der Waals surface area contributed by atoms with Crippen LogP contribution >= 0.6 is 0 Å². The molecular formula is C8H18N2O2. The Hall–Kier alpha value is -1.06. The zero-order chi connectivity index (χ0) is 9.98. The third-order valence-electron chi connectivity index (χ3n) is 1.36. The average molecular weight is 174 g/mol. The molecule has 0 spiro atoms. The van der Waals surface area contributed by atoms with Crippen molar-refractivity contribution in [1.29, 1.82) is 0 Å². The van der Waals surface area contributed by atoms with Crippen LogP contribution in [0.4, 0.5) is 0 Å². The Morgan fingerprint density at radius 2 is 1.17 bits per heavy atom. The first-order valence-corrected chi connectivity index (χ1v) is 3.97. The predicted molar refractivity (Wildman–Crippen MR) is 50.4 cm³/mol. The summed E-state index contributed by atoms with van der Waals surface area (Å²) in [6.45, 7) is 7.43. The average Bonchev–Trinajstić information content (AvgIpc) is 2.16. The van der Waals surface area contributed by atoms with Gasteiger partial charge in [-0.25, -0.2) is 0 Å². The van der Waals surface area contributed by atoms with Gasteiger partial charge < -0.3 is 10.4 Å². The lowest BCUT2D eigenvalue weighted by Crippen LogP contribution is -1.83. The molecule has 12 heavy (non-hydrogen) atoms. The highest BCUT2D eigenvalue weighted by molar-refractivity contribution is 5.81. The van der Waals surface area contributed by atoms with E-state index in [1.54, 1.807) is 13.8 Å². The molecule has 0 aromatic heterocycles. The molecule has 0 saturated carbocycles. The van der Waals surface area contributed by atoms with Gasteiger partial charge in [-0.3, -0.25) is 0 Å². The Bertz CT molecular complexity index is 135. The number of nitrogens with zero attached hydrogens (tertiary/aromatic N) is 2. The lowest BCUT2D eigenvalue weighted by Gasteiger charge is -1.81. The van der Waals surface area contributed by atoms with Crippen LogP contribution in [0.15, 0.2) is 10.3 Å². The van der Waals surface area contributed by atoms with Crippen LogP contribution in [0, 0.1) is 0 Å². The summed E-state index contributed by atoms with van der Waals surface area (Å²) in [5.74, 6) is 0. The number of oxime groups is 2. The fraction of sp³-hybridized carbons (Fsp3) is 0.750. The second kappa shape index (κ2) is 9.94. The van der Waals surface area contributed by atoms with Gasteiger partial charge in [0.1, 0.15) is 0 Å². The Kier molecular flexibility index (Phi) is 11.2. The molecule has 2 N–H and O–H groups in total. The standard InChI is InChI=1S/2C4H9NO/c2*1-3-4(2)5-6/h2*6H,3H2,1-2H3/b2*5-4+. The van der Waals surface area contributed by atoms with E-state index in [0.29, 0.717) is 0 Å². The SMILES string of the molecule is CC/C(C)=N/O.CC/C(C)=N/O. The predicted octanol–water partition coefficient (Wildman–Crippen LogP) is 2.49. The molecule has 0 unspecified atom stereocenters. The van der Waals surface area contributed by atoms with Gasteiger partial charge in [0.05, 0.1) is 11.4 Å². The van der Waals surface area contributed by atoms with Gasteiger partial charge in [0, 0.05) is 0 Å². The maximum Gasteiger partial charge on any atom is 0.0537 e. The summed E-state index contributed by atoms with van der Waals surface area (Å²) in [7, 11) is 0. The van der Waals surface area contributed by atoms with Crippen LogP contribution in [0.1, 0.15) is 40.5 Å². The molecular weight excluding hydrogens is 156 g/mol. The Labute approximate surface area is 73.6 Å². The van der Waals surface area contributed by atoms with Crippen molar-refractivity contribution in [2.75, 3.05) is 0 Å². The number of rotatable bonds is 2. The molecule has 72 valence electrons. The minimum atomic E-state index is 0.773. The summed E-state index contributed by atoms with van der Waals surface area (Å²) in [4.78, 5) is 0. The fourth-order valence-electron chi connectivity index (χ4n) is 0.141. The molecule has 0 aliphatic carbocycles. The van der Waals surface area contributed by atoms with E-state index in [4.69, 9.17) is 10.4 Å². The maximum atomic E-state index is 7.92. The van der Waals surface area contributed by atoms with Crippen molar-refractivity contribution in [3.63, 3.8) is 0 Å². The monoisotopic (exact) mass is 174 g/mol. The van der Waals surface area contributed by atoms with Gasteiger partial charge in [-0.05, 0) is 26.7 Å². The lowest BCUT2D eigenvalue weighted by molar-refractivity contribution is 0.317. The number of hydrogen-bond donors (Lipinski definition) is 2. The molecule has 0 aliphatic heterocycles. The molecule has 0 rings (SSSR count). The molecule has 0 heterocycles. The van der Waals surface area contributed by atoms with E-state index in [1.165, 1.54) is 0 Å². The third-order valence-corrected chi connectivity index (χ3v) is 1.36. The first-order chi connectivity index (χ1) is 5.62. The molecule has 0 bridgehead atoms. The normalized spacial score (nSPS) is 12.0. The lowest BCUT2D eigenvalue weighted by atomic mass is 10.3. The molecule has 0 radical (unpaired) electrons. The molecule has 0 amide bonds. The second-order valence-electron chi connectivity index (χ2n) is 2.38. The van der Waals surface area contributed by atoms with Crippen molar-refractivity contribution >= 4 is 11.4 Å². The second-order valence-corrected chi connectivity index (χ2v) is 2.38. The van der Waals surface area contributed by atoms with Crippen molar-refractivity contribution < 1.29 is 10.4 Å². The van der Waals surface area contributed by atoms with Crippen molar-refractivity contribution in [2.24, 2.45) is 10.3 Å². The van der Waals surface area contributed by atoms with Crippen LogP contribution in [-0.4, -0.2) is 21.8 Å². The van der Waals surface area contributed by atoms with Crippen molar-refractivity contribution in [2.45, 2.75) is 40.5 Å². The summed E-state index contributed by atoms with van der Waals surface area (Å²) in [6.07, 6.45) is 1.66. The van der Waals surface area contributed by atoms with Crippen LogP contribution in [0.2, 0.25) is 0 Å². The largest absolute Gasteiger partial charge is 0.411 e. The zero-order valence-corrected chi connectivity index (χ0v) is 8.20. The molecule has 4 nitrogen and oxygen atoms in total. The first-order valence-electron chi connectivity index (χ1n) is 3.97. The maximum absolute atomic E-state index is 7.92. The van der Waals surface area contributed by atoms with E-state index in [2.05, 4.69) is 10.3 Å². The van der Waals surface area contributed by atoms with E-state index < -0.39 is 0 Å². The smallest absolute Gasteiger partial charge is 0.0537 e. The molecule has 4 heteroatoms. The topological polar surface area (TPSA) is 65.2 Å². The summed E-state index contributed by atoms with van der Waals surface area (Å²) in [5.41, 5.74) is 1.55. The van der Waals surface area contributed by atoms with Crippen molar-refractivity contribution in [1.82, 2.24) is 0 Å². The summed E-state index contributed by atoms with van der Waals surface area (Å²) in [6, 6.07) is 0. The first kappa shape index (κ1) is 13.5. The van der Waals surface area contributed by atoms with Crippen LogP contribution < -0.4 is 0 Å². The van der Waals surface area contributed by atoms with Gasteiger partial charge in [0.15, 0.2) is 0 Å². The molecule has 0 aromatic carbocycles. The molecule has 0 saturated heterocycles. The Morgan fingerprint density at radius 1 is 0.917 bits per heavy atom. The minimum absolute atomic E-state index is 0.773. The summed E-state index contributed by atoms with van der Waals surface area (Å²) in [5, 5.41) is 21.7. The van der Waals surface area contributed by atoms with Crippen LogP contribution in [0.3, 0.4) is 0 Å². The quantitative estimate of drug-likeness (QED) is 0.383. The van der Waals surface area contributed by atoms with Crippen LogP contribution in [-0.2, 0) is 0 Å². The van der Waals surface area contributed by atoms with E-state index >= 15 is 0 Å². The number of hydrogen-bond acceptors (Lipinski definition) is 4. The highest BCUT2D eigenvalue weighted by atomic mass is 16.4. The van der Waals surface area contributed by atoms with Crippen molar-refractivity contribution in [3.8, 4) is 0 Å². The van der Waals surface area contributed by atoms with E-state index in [9.17, 15) is 0 Å². The Balaban J connectivity index is 0. The van der Waals surface area contributed by atoms with E-state index in [-0.39, 0.29) is 0 Å². The molecule has 0 atom stereocenters. The summed E-state index contributed by atoms with van der Waals surface area (Å²) < 4.78 is 0. The zero-order valence-electron chi connectivity index (χ0n) is 8.20. The fourth-order valence-corrected chi connectivity index (χ4v) is 0.141. The van der Waals surface area contributed by atoms with E-state index in [1.807, 2.05) is 13.8 Å². The summed E-state index contributed by atoms with van der Waals surface area (Å²) >= 11 is 0. The molecule has 0 aromatic rings. The Morgan fingerprint density at radius 3 is 1.17 bits per heavy atom. The highest BCUT2D eigenvalue weighted by Crippen LogP contribution is 1.78. The van der Waals surface area contributed by atoms with Gasteiger partial charge in [0.2, 0.25) is 0 Å². The highest BCUT2D eigenvalue weighted by Gasteiger charge is 1.78. The van der Waals surface area contributed by atoms with Gasteiger partial charge in [-0.15, -0.1) is 0 Å².